The second-order valence-corrected chi connectivity index (χ2v) is 11.6. The molecule has 40 heavy (non-hydrogen) atoms. The average Bonchev–Trinajstić information content (AvgIpc) is 3.62. The molecule has 0 radical (unpaired) electrons. The van der Waals surface area contributed by atoms with Crippen LogP contribution in [0.4, 0.5) is 4.39 Å². The third kappa shape index (κ3) is 4.47. The lowest BCUT2D eigenvalue weighted by Crippen LogP contribution is -2.29. The van der Waals surface area contributed by atoms with Crippen LogP contribution in [0.2, 0.25) is 10.0 Å². The van der Waals surface area contributed by atoms with Crippen LogP contribution < -0.4 is 10.8 Å². The maximum Gasteiger partial charge on any atom is 0.492 e. The standard InChI is InChI=1S/C29H25BCl2FN3O4/c1-28(2)19-11-16(6-8-20(19)30(38)39-28)15-34-27(37)18-7-9-25(36-10-4-5-24(18)36)23-14-29(3,40-35-23)17-12-21(31)26(33)22(32)13-17/h4-13,38H,14-15H2,1-3H3,(H,34,37). The second kappa shape index (κ2) is 9.63. The van der Waals surface area contributed by atoms with Gasteiger partial charge in [0.15, 0.2) is 11.4 Å². The molecule has 1 unspecified atom stereocenters. The van der Waals surface area contributed by atoms with Gasteiger partial charge < -0.3 is 24.2 Å². The van der Waals surface area contributed by atoms with Crippen LogP contribution in [-0.4, -0.2) is 28.2 Å². The minimum atomic E-state index is -0.950. The van der Waals surface area contributed by atoms with E-state index < -0.39 is 24.1 Å². The topological polar surface area (TPSA) is 84.6 Å². The first kappa shape index (κ1) is 26.8. The van der Waals surface area contributed by atoms with Crippen molar-refractivity contribution in [2.24, 2.45) is 5.16 Å². The zero-order valence-corrected chi connectivity index (χ0v) is 23.5. The van der Waals surface area contributed by atoms with Gasteiger partial charge in [0.05, 0.1) is 32.4 Å². The number of benzene rings is 2. The van der Waals surface area contributed by atoms with Crippen LogP contribution >= 0.6 is 23.2 Å². The Kier molecular flexibility index (Phi) is 6.46. The van der Waals surface area contributed by atoms with Gasteiger partial charge in [-0.2, -0.15) is 0 Å². The van der Waals surface area contributed by atoms with Gasteiger partial charge in [-0.25, -0.2) is 4.39 Å². The van der Waals surface area contributed by atoms with Crippen LogP contribution in [0, 0.1) is 5.82 Å². The molecule has 204 valence electrons. The van der Waals surface area contributed by atoms with E-state index in [0.29, 0.717) is 35.3 Å². The summed E-state index contributed by atoms with van der Waals surface area (Å²) in [5.41, 5.74) is 4.30. The summed E-state index contributed by atoms with van der Waals surface area (Å²) in [5, 5.41) is 17.3. The van der Waals surface area contributed by atoms with Gasteiger partial charge in [0.1, 0.15) is 5.71 Å². The maximum absolute atomic E-state index is 14.0. The molecule has 1 amide bonds. The fourth-order valence-electron chi connectivity index (χ4n) is 5.39. The third-order valence-corrected chi connectivity index (χ3v) is 8.13. The molecule has 0 spiro atoms. The molecule has 0 aliphatic carbocycles. The molecule has 7 nitrogen and oxygen atoms in total. The molecular formula is C29H25BCl2FN3O4. The number of hydrogen-bond donors (Lipinski definition) is 2. The fourth-order valence-corrected chi connectivity index (χ4v) is 5.88. The quantitative estimate of drug-likeness (QED) is 0.248. The van der Waals surface area contributed by atoms with Gasteiger partial charge in [0.2, 0.25) is 0 Å². The monoisotopic (exact) mass is 579 g/mol. The Bertz CT molecular complexity index is 1700. The Balaban J connectivity index is 1.22. The van der Waals surface area contributed by atoms with E-state index >= 15 is 0 Å². The Morgan fingerprint density at radius 3 is 2.65 bits per heavy atom. The molecule has 4 aromatic rings. The summed E-state index contributed by atoms with van der Waals surface area (Å²) < 4.78 is 21.5. The van der Waals surface area contributed by atoms with Crippen molar-refractivity contribution in [1.29, 1.82) is 0 Å². The lowest BCUT2D eigenvalue weighted by atomic mass is 9.78. The summed E-state index contributed by atoms with van der Waals surface area (Å²) in [6.07, 6.45) is 2.25. The number of aromatic nitrogens is 1. The molecule has 0 saturated carbocycles. The molecular weight excluding hydrogens is 555 g/mol. The molecule has 2 aromatic carbocycles. The number of nitrogens with zero attached hydrogens (tertiary/aromatic N) is 2. The number of carbonyl (C=O) groups excluding carboxylic acids is 1. The molecule has 0 fully saturated rings. The van der Waals surface area contributed by atoms with Gasteiger partial charge >= 0.3 is 7.12 Å². The van der Waals surface area contributed by atoms with Crippen molar-refractivity contribution in [3.8, 4) is 0 Å². The number of rotatable bonds is 5. The van der Waals surface area contributed by atoms with Crippen molar-refractivity contribution in [1.82, 2.24) is 9.72 Å². The van der Waals surface area contributed by atoms with Crippen LogP contribution in [0.15, 0.2) is 65.9 Å². The Hall–Kier alpha value is -3.37. The zero-order valence-electron chi connectivity index (χ0n) is 22.0. The maximum atomic E-state index is 14.0. The molecule has 1 atom stereocenters. The lowest BCUT2D eigenvalue weighted by Gasteiger charge is -2.22. The minimum Gasteiger partial charge on any atom is -0.423 e. The van der Waals surface area contributed by atoms with E-state index in [2.05, 4.69) is 10.5 Å². The largest absolute Gasteiger partial charge is 0.492 e. The zero-order chi connectivity index (χ0) is 28.4. The van der Waals surface area contributed by atoms with Crippen molar-refractivity contribution in [3.63, 3.8) is 0 Å². The van der Waals surface area contributed by atoms with E-state index in [4.69, 9.17) is 32.7 Å². The Labute approximate surface area is 240 Å². The van der Waals surface area contributed by atoms with Gasteiger partial charge in [0, 0.05) is 24.7 Å². The molecule has 2 aliphatic heterocycles. The first-order chi connectivity index (χ1) is 19.0. The highest BCUT2D eigenvalue weighted by molar-refractivity contribution is 6.61. The van der Waals surface area contributed by atoms with E-state index in [9.17, 15) is 14.2 Å². The molecule has 6 rings (SSSR count). The Morgan fingerprint density at radius 2 is 1.90 bits per heavy atom. The normalized spacial score (nSPS) is 19.5. The summed E-state index contributed by atoms with van der Waals surface area (Å²) in [7, 11) is -0.950. The van der Waals surface area contributed by atoms with Crippen molar-refractivity contribution < 1.29 is 23.7 Å². The summed E-state index contributed by atoms with van der Waals surface area (Å²) in [6.45, 7) is 5.96. The van der Waals surface area contributed by atoms with E-state index in [1.807, 2.05) is 67.8 Å². The van der Waals surface area contributed by atoms with Crippen molar-refractivity contribution in [3.05, 3.63) is 105 Å². The minimum absolute atomic E-state index is 0.0848. The lowest BCUT2D eigenvalue weighted by molar-refractivity contribution is -0.00742. The molecule has 0 bridgehead atoms. The van der Waals surface area contributed by atoms with Crippen LogP contribution in [0.1, 0.15) is 59.9 Å². The highest BCUT2D eigenvalue weighted by atomic mass is 35.5. The molecule has 4 heterocycles. The molecule has 2 aromatic heterocycles. The SMILES string of the molecule is CC1(C)OB(O)c2ccc(CNC(=O)c3ccc(C4=NOC(C)(c5cc(Cl)c(F)c(Cl)c5)C4)n4cccc34)cc21. The molecule has 0 saturated heterocycles. The summed E-state index contributed by atoms with van der Waals surface area (Å²) in [4.78, 5) is 19.1. The number of oxime groups is 1. The highest BCUT2D eigenvalue weighted by Crippen LogP contribution is 2.39. The number of halogens is 3. The predicted molar refractivity (Wildman–Crippen MR) is 153 cm³/mol. The molecule has 11 heteroatoms. The van der Waals surface area contributed by atoms with Crippen LogP contribution in [-0.2, 0) is 27.2 Å². The number of amides is 1. The smallest absolute Gasteiger partial charge is 0.423 e. The van der Waals surface area contributed by atoms with Gasteiger partial charge in [-0.1, -0.05) is 46.6 Å². The second-order valence-electron chi connectivity index (χ2n) is 10.8. The van der Waals surface area contributed by atoms with E-state index in [0.717, 1.165) is 22.3 Å². The third-order valence-electron chi connectivity index (χ3n) is 7.58. The van der Waals surface area contributed by atoms with Gasteiger partial charge in [0.25, 0.3) is 5.91 Å². The predicted octanol–water partition coefficient (Wildman–Crippen LogP) is 5.31. The van der Waals surface area contributed by atoms with E-state index in [1.54, 1.807) is 6.07 Å². The van der Waals surface area contributed by atoms with Gasteiger partial charge in [-0.15, -0.1) is 0 Å². The molecule has 2 aliphatic rings. The fraction of sp³-hybridized carbons (Fsp3) is 0.241. The van der Waals surface area contributed by atoms with Crippen molar-refractivity contribution in [2.75, 3.05) is 0 Å². The number of fused-ring (bicyclic) bond motifs is 2. The molecule has 2 N–H and O–H groups in total. The van der Waals surface area contributed by atoms with Crippen molar-refractivity contribution >= 4 is 52.9 Å². The summed E-state index contributed by atoms with van der Waals surface area (Å²) >= 11 is 12.0. The van der Waals surface area contributed by atoms with Gasteiger partial charge in [-0.05, 0) is 73.8 Å². The number of nitrogens with one attached hydrogen (secondary N) is 1. The van der Waals surface area contributed by atoms with Crippen molar-refractivity contribution in [2.45, 2.75) is 44.9 Å². The van der Waals surface area contributed by atoms with E-state index in [1.165, 1.54) is 12.1 Å². The first-order valence-electron chi connectivity index (χ1n) is 12.7. The van der Waals surface area contributed by atoms with Crippen LogP contribution in [0.5, 0.6) is 0 Å². The summed E-state index contributed by atoms with van der Waals surface area (Å²) in [6, 6.07) is 16.0. The van der Waals surface area contributed by atoms with Crippen LogP contribution in [0.25, 0.3) is 5.52 Å². The number of carbonyl (C=O) groups is 1. The van der Waals surface area contributed by atoms with Crippen LogP contribution in [0.3, 0.4) is 0 Å². The summed E-state index contributed by atoms with van der Waals surface area (Å²) in [5.74, 6) is -0.901. The number of pyridine rings is 1. The van der Waals surface area contributed by atoms with Gasteiger partial charge in [-0.3, -0.25) is 4.79 Å². The highest BCUT2D eigenvalue weighted by Gasteiger charge is 2.41. The average molecular weight is 580 g/mol. The Morgan fingerprint density at radius 1 is 1.15 bits per heavy atom. The number of hydrogen-bond acceptors (Lipinski definition) is 5. The first-order valence-corrected chi connectivity index (χ1v) is 13.5. The van der Waals surface area contributed by atoms with E-state index in [-0.39, 0.29) is 16.0 Å².